The van der Waals surface area contributed by atoms with E-state index in [0.29, 0.717) is 13.1 Å². The molecule has 0 saturated carbocycles. The van der Waals surface area contributed by atoms with Gasteiger partial charge in [-0.05, 0) is 13.3 Å². The molecule has 1 unspecified atom stereocenters. The molecule has 0 spiro atoms. The molecule has 2 saturated heterocycles. The Morgan fingerprint density at radius 2 is 2.06 bits per heavy atom. The van der Waals surface area contributed by atoms with E-state index in [0.717, 1.165) is 19.5 Å². The summed E-state index contributed by atoms with van der Waals surface area (Å²) in [5.41, 5.74) is 0. The van der Waals surface area contributed by atoms with Crippen molar-refractivity contribution in [1.29, 1.82) is 0 Å². The van der Waals surface area contributed by atoms with Gasteiger partial charge in [-0.2, -0.15) is 0 Å². The molecule has 2 aliphatic heterocycles. The van der Waals surface area contributed by atoms with Crippen LogP contribution in [0.15, 0.2) is 0 Å². The maximum atomic E-state index is 11.8. The minimum absolute atomic E-state index is 0.121. The second-order valence-electron chi connectivity index (χ2n) is 4.39. The van der Waals surface area contributed by atoms with Gasteiger partial charge in [-0.15, -0.1) is 0 Å². The Morgan fingerprint density at radius 3 is 2.50 bits per heavy atom. The average Bonchev–Trinajstić information content (AvgIpc) is 2.43. The van der Waals surface area contributed by atoms with Gasteiger partial charge in [0.05, 0.1) is 6.04 Å². The van der Waals surface area contributed by atoms with E-state index in [1.807, 2.05) is 11.8 Å². The zero-order valence-corrected chi connectivity index (χ0v) is 10.1. The second-order valence-corrected chi connectivity index (χ2v) is 6.23. The molecule has 2 rings (SSSR count). The minimum Gasteiger partial charge on any atom is -0.342 e. The summed E-state index contributed by atoms with van der Waals surface area (Å²) in [5, 5.41) is 4.55. The monoisotopic (exact) mass is 247 g/mol. The van der Waals surface area contributed by atoms with Gasteiger partial charge in [0.15, 0.2) is 0 Å². The van der Waals surface area contributed by atoms with Crippen LogP contribution >= 0.6 is 0 Å². The number of likely N-dealkylation sites (tertiary alicyclic amines) is 2. The van der Waals surface area contributed by atoms with Gasteiger partial charge in [-0.25, -0.2) is 13.6 Å². The first-order chi connectivity index (χ1) is 7.43. The van der Waals surface area contributed by atoms with Crippen molar-refractivity contribution in [3.8, 4) is 0 Å². The summed E-state index contributed by atoms with van der Waals surface area (Å²) in [7, 11) is -3.43. The molecule has 16 heavy (non-hydrogen) atoms. The highest BCUT2D eigenvalue weighted by Gasteiger charge is 2.44. The average molecular weight is 247 g/mol. The van der Waals surface area contributed by atoms with E-state index < -0.39 is 15.3 Å². The third kappa shape index (κ3) is 1.94. The van der Waals surface area contributed by atoms with Crippen molar-refractivity contribution in [2.24, 2.45) is 5.14 Å². The number of sulfonamides is 1. The number of nitrogens with zero attached hydrogens (tertiary/aromatic N) is 2. The van der Waals surface area contributed by atoms with Gasteiger partial charge < -0.3 is 4.90 Å². The molecule has 2 fully saturated rings. The van der Waals surface area contributed by atoms with E-state index in [1.165, 1.54) is 0 Å². The van der Waals surface area contributed by atoms with Crippen molar-refractivity contribution in [2.75, 3.05) is 26.2 Å². The van der Waals surface area contributed by atoms with Gasteiger partial charge in [0.25, 0.3) is 0 Å². The summed E-state index contributed by atoms with van der Waals surface area (Å²) < 4.78 is 22.1. The molecule has 6 nitrogen and oxygen atoms in total. The SMILES string of the molecule is CCN1CCC(N2CC(S(N)(=O)=O)C2)C1=O. The number of carbonyl (C=O) groups is 1. The number of carbonyl (C=O) groups excluding carboxylic acids is 1. The number of rotatable bonds is 3. The van der Waals surface area contributed by atoms with Crippen molar-refractivity contribution in [3.05, 3.63) is 0 Å². The number of hydrogen-bond acceptors (Lipinski definition) is 4. The maximum absolute atomic E-state index is 11.8. The third-order valence-corrected chi connectivity index (χ3v) is 4.66. The lowest BCUT2D eigenvalue weighted by atomic mass is 10.1. The van der Waals surface area contributed by atoms with E-state index >= 15 is 0 Å². The minimum atomic E-state index is -3.43. The van der Waals surface area contributed by atoms with E-state index in [4.69, 9.17) is 5.14 Å². The predicted octanol–water partition coefficient (Wildman–Crippen LogP) is -1.42. The standard InChI is InChI=1S/C9H17N3O3S/c1-2-11-4-3-8(9(11)13)12-5-7(6-12)16(10,14)15/h7-8H,2-6H2,1H3,(H2,10,14,15). The highest BCUT2D eigenvalue weighted by Crippen LogP contribution is 2.24. The van der Waals surface area contributed by atoms with E-state index in [9.17, 15) is 13.2 Å². The molecule has 0 aromatic rings. The lowest BCUT2D eigenvalue weighted by Crippen LogP contribution is -2.61. The van der Waals surface area contributed by atoms with Gasteiger partial charge in [0.2, 0.25) is 15.9 Å². The fourth-order valence-corrected chi connectivity index (χ4v) is 3.11. The number of primary sulfonamides is 1. The molecule has 7 heteroatoms. The molecular weight excluding hydrogens is 230 g/mol. The molecule has 92 valence electrons. The molecule has 0 radical (unpaired) electrons. The van der Waals surface area contributed by atoms with Crippen LogP contribution in [0.25, 0.3) is 0 Å². The Labute approximate surface area is 95.4 Å². The van der Waals surface area contributed by atoms with Gasteiger partial charge in [-0.1, -0.05) is 0 Å². The molecule has 0 aromatic heterocycles. The van der Waals surface area contributed by atoms with E-state index in [-0.39, 0.29) is 11.9 Å². The zero-order chi connectivity index (χ0) is 11.9. The van der Waals surface area contributed by atoms with Crippen LogP contribution in [0, 0.1) is 0 Å². The predicted molar refractivity (Wildman–Crippen MR) is 59.1 cm³/mol. The molecule has 2 heterocycles. The van der Waals surface area contributed by atoms with Crippen LogP contribution in [0.3, 0.4) is 0 Å². The number of amides is 1. The summed E-state index contributed by atoms with van der Waals surface area (Å²) in [6.45, 7) is 4.24. The van der Waals surface area contributed by atoms with E-state index in [1.54, 1.807) is 4.90 Å². The first-order valence-electron chi connectivity index (χ1n) is 5.48. The largest absolute Gasteiger partial charge is 0.342 e. The van der Waals surface area contributed by atoms with Crippen LogP contribution in [-0.2, 0) is 14.8 Å². The van der Waals surface area contributed by atoms with Crippen LogP contribution in [0.4, 0.5) is 0 Å². The molecular formula is C9H17N3O3S. The Kier molecular flexibility index (Phi) is 2.93. The Morgan fingerprint density at radius 1 is 1.44 bits per heavy atom. The first kappa shape index (κ1) is 11.8. The first-order valence-corrected chi connectivity index (χ1v) is 7.09. The number of hydrogen-bond donors (Lipinski definition) is 1. The second kappa shape index (κ2) is 3.97. The highest BCUT2D eigenvalue weighted by atomic mass is 32.2. The van der Waals surface area contributed by atoms with Gasteiger partial charge in [0, 0.05) is 26.2 Å². The van der Waals surface area contributed by atoms with Crippen LogP contribution in [-0.4, -0.2) is 61.6 Å². The number of likely N-dealkylation sites (N-methyl/N-ethyl adjacent to an activating group) is 1. The van der Waals surface area contributed by atoms with E-state index in [2.05, 4.69) is 0 Å². The van der Waals surface area contributed by atoms with Crippen molar-refractivity contribution >= 4 is 15.9 Å². The van der Waals surface area contributed by atoms with Crippen LogP contribution < -0.4 is 5.14 Å². The summed E-state index contributed by atoms with van der Waals surface area (Å²) in [4.78, 5) is 15.5. The summed E-state index contributed by atoms with van der Waals surface area (Å²) in [6, 6.07) is -0.127. The molecule has 0 aliphatic carbocycles. The zero-order valence-electron chi connectivity index (χ0n) is 9.30. The fourth-order valence-electron chi connectivity index (χ4n) is 2.31. The van der Waals surface area contributed by atoms with Crippen molar-refractivity contribution in [3.63, 3.8) is 0 Å². The Balaban J connectivity index is 1.92. The van der Waals surface area contributed by atoms with Crippen LogP contribution in [0.1, 0.15) is 13.3 Å². The molecule has 2 aliphatic rings. The van der Waals surface area contributed by atoms with Crippen molar-refractivity contribution < 1.29 is 13.2 Å². The van der Waals surface area contributed by atoms with Crippen molar-refractivity contribution in [1.82, 2.24) is 9.80 Å². The van der Waals surface area contributed by atoms with Gasteiger partial charge in [0.1, 0.15) is 5.25 Å². The van der Waals surface area contributed by atoms with Crippen LogP contribution in [0.5, 0.6) is 0 Å². The summed E-state index contributed by atoms with van der Waals surface area (Å²) >= 11 is 0. The smallest absolute Gasteiger partial charge is 0.239 e. The van der Waals surface area contributed by atoms with Crippen LogP contribution in [0.2, 0.25) is 0 Å². The molecule has 0 aromatic carbocycles. The highest BCUT2D eigenvalue weighted by molar-refractivity contribution is 7.89. The molecule has 0 bridgehead atoms. The lowest BCUT2D eigenvalue weighted by Gasteiger charge is -2.40. The topological polar surface area (TPSA) is 83.7 Å². The normalized spacial score (nSPS) is 28.5. The molecule has 1 atom stereocenters. The third-order valence-electron chi connectivity index (χ3n) is 3.43. The van der Waals surface area contributed by atoms with Gasteiger partial charge >= 0.3 is 0 Å². The Hall–Kier alpha value is -0.660. The van der Waals surface area contributed by atoms with Crippen molar-refractivity contribution in [2.45, 2.75) is 24.6 Å². The molecule has 2 N–H and O–H groups in total. The summed E-state index contributed by atoms with van der Waals surface area (Å²) in [6.07, 6.45) is 0.796. The lowest BCUT2D eigenvalue weighted by molar-refractivity contribution is -0.133. The maximum Gasteiger partial charge on any atom is 0.239 e. The quantitative estimate of drug-likeness (QED) is 0.663. The number of nitrogens with two attached hydrogens (primary N) is 1. The molecule has 1 amide bonds. The van der Waals surface area contributed by atoms with Gasteiger partial charge in [-0.3, -0.25) is 9.69 Å². The Bertz CT molecular complexity index is 389. The summed E-state index contributed by atoms with van der Waals surface area (Å²) in [5.74, 6) is 0.121. The fraction of sp³-hybridized carbons (Fsp3) is 0.889.